The van der Waals surface area contributed by atoms with E-state index in [-0.39, 0.29) is 5.56 Å². The zero-order valence-electron chi connectivity index (χ0n) is 11.9. The Bertz CT molecular complexity index is 689. The van der Waals surface area contributed by atoms with Gasteiger partial charge in [0.05, 0.1) is 5.56 Å². The normalized spacial score (nSPS) is 11.5. The molecule has 1 atom stereocenters. The van der Waals surface area contributed by atoms with E-state index < -0.39 is 18.0 Å². The van der Waals surface area contributed by atoms with E-state index in [9.17, 15) is 9.59 Å². The van der Waals surface area contributed by atoms with Gasteiger partial charge >= 0.3 is 5.97 Å². The molecule has 0 bridgehead atoms. The molecule has 2 rings (SSSR count). The molecule has 0 saturated carbocycles. The number of carbonyl (C=O) groups is 2. The summed E-state index contributed by atoms with van der Waals surface area (Å²) in [5, 5.41) is 2.67. The summed E-state index contributed by atoms with van der Waals surface area (Å²) in [7, 11) is 0. The van der Waals surface area contributed by atoms with E-state index in [0.717, 1.165) is 0 Å². The van der Waals surface area contributed by atoms with E-state index in [4.69, 9.17) is 10.5 Å². The van der Waals surface area contributed by atoms with Crippen LogP contribution in [0.1, 0.15) is 17.3 Å². The molecule has 2 aromatic rings. The van der Waals surface area contributed by atoms with E-state index in [1.807, 2.05) is 6.07 Å². The first kappa shape index (κ1) is 16.0. The Labute approximate surface area is 136 Å². The van der Waals surface area contributed by atoms with Gasteiger partial charge in [-0.25, -0.2) is 4.79 Å². The molecule has 6 heteroatoms. The summed E-state index contributed by atoms with van der Waals surface area (Å²) in [5.74, 6) is -1.05. The third kappa shape index (κ3) is 4.08. The van der Waals surface area contributed by atoms with Crippen LogP contribution >= 0.6 is 15.9 Å². The average Bonchev–Trinajstić information content (AvgIpc) is 2.50. The van der Waals surface area contributed by atoms with Crippen LogP contribution < -0.4 is 11.1 Å². The molecule has 1 amide bonds. The number of rotatable bonds is 4. The van der Waals surface area contributed by atoms with Crippen molar-refractivity contribution < 1.29 is 14.3 Å². The Hall–Kier alpha value is -2.34. The van der Waals surface area contributed by atoms with Crippen LogP contribution in [0.15, 0.2) is 53.0 Å². The maximum Gasteiger partial charge on any atom is 0.341 e. The standard InChI is InChI=1S/C16H15BrN2O3/c1-10(15(20)19-12-5-3-2-4-6-12)22-16(21)13-9-11(17)7-8-14(13)18/h2-10H,18H2,1H3,(H,19,20)/t10-/m0/s1. The highest BCUT2D eigenvalue weighted by molar-refractivity contribution is 9.10. The van der Waals surface area contributed by atoms with Crippen molar-refractivity contribution in [2.45, 2.75) is 13.0 Å². The van der Waals surface area contributed by atoms with Crippen molar-refractivity contribution in [1.82, 2.24) is 0 Å². The molecule has 0 aliphatic rings. The molecule has 0 saturated heterocycles. The quantitative estimate of drug-likeness (QED) is 0.646. The molecular weight excluding hydrogens is 348 g/mol. The van der Waals surface area contributed by atoms with Crippen LogP contribution in [-0.2, 0) is 9.53 Å². The predicted molar refractivity (Wildman–Crippen MR) is 88.5 cm³/mol. The molecule has 0 radical (unpaired) electrons. The number of esters is 1. The van der Waals surface area contributed by atoms with Gasteiger partial charge in [0.25, 0.3) is 5.91 Å². The smallest absolute Gasteiger partial charge is 0.341 e. The van der Waals surface area contributed by atoms with Crippen molar-refractivity contribution >= 4 is 39.2 Å². The van der Waals surface area contributed by atoms with Crippen molar-refractivity contribution in [1.29, 1.82) is 0 Å². The number of hydrogen-bond acceptors (Lipinski definition) is 4. The van der Waals surface area contributed by atoms with E-state index in [2.05, 4.69) is 21.2 Å². The highest BCUT2D eigenvalue weighted by Crippen LogP contribution is 2.20. The van der Waals surface area contributed by atoms with Crippen LogP contribution in [-0.4, -0.2) is 18.0 Å². The Kier molecular flexibility index (Phi) is 5.16. The van der Waals surface area contributed by atoms with E-state index in [1.54, 1.807) is 42.5 Å². The number of amides is 1. The number of hydrogen-bond donors (Lipinski definition) is 2. The number of anilines is 2. The molecule has 3 N–H and O–H groups in total. The lowest BCUT2D eigenvalue weighted by atomic mass is 10.2. The zero-order valence-corrected chi connectivity index (χ0v) is 13.5. The number of benzene rings is 2. The summed E-state index contributed by atoms with van der Waals surface area (Å²) >= 11 is 3.26. The summed E-state index contributed by atoms with van der Waals surface area (Å²) in [6.07, 6.45) is -0.939. The Balaban J connectivity index is 2.01. The third-order valence-corrected chi connectivity index (χ3v) is 3.42. The molecule has 0 unspecified atom stereocenters. The minimum atomic E-state index is -0.939. The topological polar surface area (TPSA) is 81.4 Å². The molecule has 0 aromatic heterocycles. The maximum atomic E-state index is 12.1. The largest absolute Gasteiger partial charge is 0.449 e. The minimum absolute atomic E-state index is 0.216. The number of nitrogens with one attached hydrogen (secondary N) is 1. The van der Waals surface area contributed by atoms with Crippen molar-refractivity contribution in [2.75, 3.05) is 11.1 Å². The fraction of sp³-hybridized carbons (Fsp3) is 0.125. The van der Waals surface area contributed by atoms with Crippen molar-refractivity contribution in [2.24, 2.45) is 0 Å². The lowest BCUT2D eigenvalue weighted by Crippen LogP contribution is -2.30. The van der Waals surface area contributed by atoms with Crippen molar-refractivity contribution in [3.63, 3.8) is 0 Å². The molecular formula is C16H15BrN2O3. The second kappa shape index (κ2) is 7.09. The summed E-state index contributed by atoms with van der Waals surface area (Å²) in [6.45, 7) is 1.50. The van der Waals surface area contributed by atoms with Crippen LogP contribution in [0.3, 0.4) is 0 Å². The lowest BCUT2D eigenvalue weighted by molar-refractivity contribution is -0.123. The third-order valence-electron chi connectivity index (χ3n) is 2.93. The van der Waals surface area contributed by atoms with Crippen molar-refractivity contribution in [3.8, 4) is 0 Å². The first-order valence-electron chi connectivity index (χ1n) is 6.59. The summed E-state index contributed by atoms with van der Waals surface area (Å²) < 4.78 is 5.86. The average molecular weight is 363 g/mol. The molecule has 2 aromatic carbocycles. The number of nitrogens with two attached hydrogens (primary N) is 1. The van der Waals surface area contributed by atoms with Crippen LogP contribution in [0.2, 0.25) is 0 Å². The van der Waals surface area contributed by atoms with Gasteiger partial charge in [-0.15, -0.1) is 0 Å². The highest BCUT2D eigenvalue weighted by Gasteiger charge is 2.20. The number of ether oxygens (including phenoxy) is 1. The van der Waals surface area contributed by atoms with Gasteiger partial charge in [-0.05, 0) is 37.3 Å². The van der Waals surface area contributed by atoms with Crippen LogP contribution in [0.5, 0.6) is 0 Å². The van der Waals surface area contributed by atoms with Crippen LogP contribution in [0.25, 0.3) is 0 Å². The Morgan fingerprint density at radius 3 is 2.55 bits per heavy atom. The molecule has 22 heavy (non-hydrogen) atoms. The fourth-order valence-electron chi connectivity index (χ4n) is 1.75. The molecule has 0 spiro atoms. The van der Waals surface area contributed by atoms with Gasteiger partial charge in [-0.1, -0.05) is 34.1 Å². The molecule has 0 aliphatic heterocycles. The molecule has 114 valence electrons. The van der Waals surface area contributed by atoms with Gasteiger partial charge in [0.1, 0.15) is 0 Å². The Morgan fingerprint density at radius 1 is 1.18 bits per heavy atom. The first-order chi connectivity index (χ1) is 10.5. The van der Waals surface area contributed by atoms with Gasteiger partial charge in [-0.3, -0.25) is 4.79 Å². The molecule has 5 nitrogen and oxygen atoms in total. The second-order valence-electron chi connectivity index (χ2n) is 4.63. The Morgan fingerprint density at radius 2 is 1.86 bits per heavy atom. The van der Waals surface area contributed by atoms with Crippen molar-refractivity contribution in [3.05, 3.63) is 58.6 Å². The fourth-order valence-corrected chi connectivity index (χ4v) is 2.11. The molecule has 0 aliphatic carbocycles. The highest BCUT2D eigenvalue weighted by atomic mass is 79.9. The molecule has 0 fully saturated rings. The van der Waals surface area contributed by atoms with Crippen LogP contribution in [0, 0.1) is 0 Å². The second-order valence-corrected chi connectivity index (χ2v) is 5.55. The minimum Gasteiger partial charge on any atom is -0.449 e. The van der Waals surface area contributed by atoms with Crippen LogP contribution in [0.4, 0.5) is 11.4 Å². The van der Waals surface area contributed by atoms with Gasteiger partial charge in [0.2, 0.25) is 0 Å². The predicted octanol–water partition coefficient (Wildman–Crippen LogP) is 3.22. The molecule has 0 heterocycles. The van der Waals surface area contributed by atoms with E-state index >= 15 is 0 Å². The zero-order chi connectivity index (χ0) is 16.1. The number of para-hydroxylation sites is 1. The number of nitrogen functional groups attached to an aromatic ring is 1. The summed E-state index contributed by atoms with van der Waals surface area (Å²) in [4.78, 5) is 24.1. The lowest BCUT2D eigenvalue weighted by Gasteiger charge is -2.14. The summed E-state index contributed by atoms with van der Waals surface area (Å²) in [5.41, 5.74) is 6.89. The monoisotopic (exact) mass is 362 g/mol. The maximum absolute atomic E-state index is 12.1. The van der Waals surface area contributed by atoms with Gasteiger partial charge < -0.3 is 15.8 Å². The number of halogens is 1. The SMILES string of the molecule is C[C@H](OC(=O)c1cc(Br)ccc1N)C(=O)Nc1ccccc1. The van der Waals surface area contributed by atoms with Gasteiger partial charge in [0.15, 0.2) is 6.10 Å². The van der Waals surface area contributed by atoms with E-state index in [1.165, 1.54) is 6.92 Å². The van der Waals surface area contributed by atoms with Gasteiger partial charge in [-0.2, -0.15) is 0 Å². The van der Waals surface area contributed by atoms with E-state index in [0.29, 0.717) is 15.8 Å². The number of carbonyl (C=O) groups excluding carboxylic acids is 2. The van der Waals surface area contributed by atoms with Gasteiger partial charge in [0, 0.05) is 15.8 Å². The summed E-state index contributed by atoms with van der Waals surface area (Å²) in [6, 6.07) is 13.8. The first-order valence-corrected chi connectivity index (χ1v) is 7.38.